The molecule has 0 heteroatoms. The van der Waals surface area contributed by atoms with Crippen molar-refractivity contribution in [2.45, 2.75) is 13.8 Å². The Balaban J connectivity index is 2.68. The molecule has 90 valence electrons. The summed E-state index contributed by atoms with van der Waals surface area (Å²) in [6.07, 6.45) is 6.17. The van der Waals surface area contributed by atoms with Crippen LogP contribution in [0.3, 0.4) is 0 Å². The van der Waals surface area contributed by atoms with Crippen molar-refractivity contribution in [1.82, 2.24) is 0 Å². The summed E-state index contributed by atoms with van der Waals surface area (Å²) in [4.78, 5) is 0. The molecule has 2 aromatic rings. The van der Waals surface area contributed by atoms with Crippen LogP contribution in [-0.4, -0.2) is 0 Å². The smallest absolute Gasteiger partial charge is 0.0108 e. The van der Waals surface area contributed by atoms with Crippen molar-refractivity contribution in [1.29, 1.82) is 0 Å². The first kappa shape index (κ1) is 12.4. The Morgan fingerprint density at radius 3 is 2.33 bits per heavy atom. The summed E-state index contributed by atoms with van der Waals surface area (Å²) in [5, 5.41) is 0. The second-order valence-electron chi connectivity index (χ2n) is 4.31. The minimum atomic E-state index is 1.20. The molecule has 0 fully saturated rings. The molecule has 0 radical (unpaired) electrons. The zero-order valence-electron chi connectivity index (χ0n) is 11.0. The molecule has 0 atom stereocenters. The lowest BCUT2D eigenvalue weighted by molar-refractivity contribution is 1.41. The topological polar surface area (TPSA) is 0 Å². The van der Waals surface area contributed by atoms with Crippen LogP contribution in [0.4, 0.5) is 0 Å². The molecule has 0 aliphatic carbocycles. The summed E-state index contributed by atoms with van der Waals surface area (Å²) in [6.45, 7) is 8.07. The van der Waals surface area contributed by atoms with Crippen molar-refractivity contribution < 1.29 is 0 Å². The van der Waals surface area contributed by atoms with Crippen LogP contribution in [0.25, 0.3) is 23.3 Å². The van der Waals surface area contributed by atoms with Gasteiger partial charge in [-0.1, -0.05) is 67.3 Å². The molecule has 0 aromatic heterocycles. The molecule has 0 bridgehead atoms. The molecule has 0 aliphatic heterocycles. The first-order valence-corrected chi connectivity index (χ1v) is 6.22. The zero-order valence-corrected chi connectivity index (χ0v) is 11.0. The van der Waals surface area contributed by atoms with E-state index in [9.17, 15) is 0 Å². The van der Waals surface area contributed by atoms with Gasteiger partial charge >= 0.3 is 0 Å². The molecule has 0 amide bonds. The Labute approximate surface area is 109 Å². The van der Waals surface area contributed by atoms with E-state index in [-0.39, 0.29) is 0 Å². The molecule has 0 heterocycles. The number of hydrogen-bond donors (Lipinski definition) is 0. The molecule has 0 unspecified atom stereocenters. The van der Waals surface area contributed by atoms with Crippen LogP contribution in [0.5, 0.6) is 0 Å². The SMILES string of the molecule is C=Cc1ccc(-c2ccccc2)c(C=CC)c1C. The zero-order chi connectivity index (χ0) is 13.0. The van der Waals surface area contributed by atoms with Gasteiger partial charge in [-0.05, 0) is 41.7 Å². The van der Waals surface area contributed by atoms with Gasteiger partial charge in [0, 0.05) is 0 Å². The lowest BCUT2D eigenvalue weighted by Gasteiger charge is -2.12. The van der Waals surface area contributed by atoms with Crippen LogP contribution < -0.4 is 0 Å². The summed E-state index contributed by atoms with van der Waals surface area (Å²) in [5.74, 6) is 0. The van der Waals surface area contributed by atoms with Crippen LogP contribution in [0.15, 0.2) is 55.1 Å². The van der Waals surface area contributed by atoms with Crippen molar-refractivity contribution in [3.05, 3.63) is 71.8 Å². The summed E-state index contributed by atoms with van der Waals surface area (Å²) >= 11 is 0. The first-order valence-electron chi connectivity index (χ1n) is 6.22. The van der Waals surface area contributed by atoms with Crippen molar-refractivity contribution in [3.8, 4) is 11.1 Å². The van der Waals surface area contributed by atoms with E-state index in [2.05, 4.69) is 69.0 Å². The fraction of sp³-hybridized carbons (Fsp3) is 0.111. The van der Waals surface area contributed by atoms with Crippen molar-refractivity contribution in [3.63, 3.8) is 0 Å². The first-order chi connectivity index (χ1) is 8.77. The molecular formula is C18H18. The molecule has 0 saturated carbocycles. The van der Waals surface area contributed by atoms with Crippen LogP contribution in [0, 0.1) is 6.92 Å². The van der Waals surface area contributed by atoms with Gasteiger partial charge in [-0.2, -0.15) is 0 Å². The monoisotopic (exact) mass is 234 g/mol. The van der Waals surface area contributed by atoms with E-state index < -0.39 is 0 Å². The molecule has 2 aromatic carbocycles. The average molecular weight is 234 g/mol. The second kappa shape index (κ2) is 5.50. The highest BCUT2D eigenvalue weighted by molar-refractivity contribution is 5.79. The van der Waals surface area contributed by atoms with Gasteiger partial charge in [-0.25, -0.2) is 0 Å². The lowest BCUT2D eigenvalue weighted by Crippen LogP contribution is -1.91. The normalized spacial score (nSPS) is 10.8. The summed E-state index contributed by atoms with van der Waals surface area (Å²) in [6, 6.07) is 14.8. The van der Waals surface area contributed by atoms with Gasteiger partial charge in [0.25, 0.3) is 0 Å². The maximum Gasteiger partial charge on any atom is -0.0108 e. The molecule has 2 rings (SSSR count). The maximum absolute atomic E-state index is 3.87. The standard InChI is InChI=1S/C18H18/c1-4-9-17-14(3)15(5-2)12-13-18(17)16-10-7-6-8-11-16/h4-13H,2H2,1,3H3. The van der Waals surface area contributed by atoms with Crippen molar-refractivity contribution >= 4 is 12.2 Å². The number of rotatable bonds is 3. The molecule has 0 N–H and O–H groups in total. The van der Waals surface area contributed by atoms with Crippen molar-refractivity contribution in [2.24, 2.45) is 0 Å². The van der Waals surface area contributed by atoms with Crippen LogP contribution in [-0.2, 0) is 0 Å². The van der Waals surface area contributed by atoms with Gasteiger partial charge < -0.3 is 0 Å². The Morgan fingerprint density at radius 1 is 1.00 bits per heavy atom. The average Bonchev–Trinajstić information content (AvgIpc) is 2.42. The predicted octanol–water partition coefficient (Wildman–Crippen LogP) is 5.34. The van der Waals surface area contributed by atoms with Gasteiger partial charge in [0.05, 0.1) is 0 Å². The quantitative estimate of drug-likeness (QED) is 0.672. The van der Waals surface area contributed by atoms with Gasteiger partial charge in [0.2, 0.25) is 0 Å². The highest BCUT2D eigenvalue weighted by Crippen LogP contribution is 2.29. The third-order valence-corrected chi connectivity index (χ3v) is 3.19. The third-order valence-electron chi connectivity index (χ3n) is 3.19. The predicted molar refractivity (Wildman–Crippen MR) is 81.4 cm³/mol. The molecule has 0 aliphatic rings. The lowest BCUT2D eigenvalue weighted by atomic mass is 9.92. The van der Waals surface area contributed by atoms with Gasteiger partial charge in [-0.15, -0.1) is 0 Å². The second-order valence-corrected chi connectivity index (χ2v) is 4.31. The van der Waals surface area contributed by atoms with Crippen LogP contribution >= 0.6 is 0 Å². The summed E-state index contributed by atoms with van der Waals surface area (Å²) in [5.41, 5.74) is 6.29. The van der Waals surface area contributed by atoms with Crippen LogP contribution in [0.2, 0.25) is 0 Å². The third kappa shape index (κ3) is 2.28. The molecule has 18 heavy (non-hydrogen) atoms. The fourth-order valence-electron chi connectivity index (χ4n) is 2.22. The maximum atomic E-state index is 3.87. The Morgan fingerprint density at radius 2 is 1.72 bits per heavy atom. The minimum Gasteiger partial charge on any atom is -0.0985 e. The van der Waals surface area contributed by atoms with E-state index in [0.29, 0.717) is 0 Å². The Bertz CT molecular complexity index is 574. The van der Waals surface area contributed by atoms with Crippen LogP contribution in [0.1, 0.15) is 23.6 Å². The Kier molecular flexibility index (Phi) is 3.78. The van der Waals surface area contributed by atoms with Crippen molar-refractivity contribution in [2.75, 3.05) is 0 Å². The largest absolute Gasteiger partial charge is 0.0985 e. The Hall–Kier alpha value is -2.08. The molecular weight excluding hydrogens is 216 g/mol. The highest BCUT2D eigenvalue weighted by atomic mass is 14.1. The highest BCUT2D eigenvalue weighted by Gasteiger charge is 2.07. The summed E-state index contributed by atoms with van der Waals surface area (Å²) in [7, 11) is 0. The van der Waals surface area contributed by atoms with E-state index in [4.69, 9.17) is 0 Å². The van der Waals surface area contributed by atoms with Gasteiger partial charge in [0.1, 0.15) is 0 Å². The number of benzene rings is 2. The van der Waals surface area contributed by atoms with E-state index in [0.717, 1.165) is 0 Å². The minimum absolute atomic E-state index is 1.20. The van der Waals surface area contributed by atoms with E-state index in [1.165, 1.54) is 27.8 Å². The number of allylic oxidation sites excluding steroid dienone is 1. The molecule has 0 saturated heterocycles. The molecule has 0 spiro atoms. The number of hydrogen-bond acceptors (Lipinski definition) is 0. The summed E-state index contributed by atoms with van der Waals surface area (Å²) < 4.78 is 0. The fourth-order valence-corrected chi connectivity index (χ4v) is 2.22. The van der Waals surface area contributed by atoms with Gasteiger partial charge in [0.15, 0.2) is 0 Å². The van der Waals surface area contributed by atoms with Gasteiger partial charge in [-0.3, -0.25) is 0 Å². The van der Waals surface area contributed by atoms with E-state index >= 15 is 0 Å². The van der Waals surface area contributed by atoms with E-state index in [1.54, 1.807) is 0 Å². The molecule has 0 nitrogen and oxygen atoms in total. The van der Waals surface area contributed by atoms with E-state index in [1.807, 2.05) is 12.1 Å².